The second-order valence-corrected chi connectivity index (χ2v) is 8.14. The number of nitrogens with zero attached hydrogens (tertiary/aromatic N) is 1. The van der Waals surface area contributed by atoms with Crippen LogP contribution in [-0.4, -0.2) is 46.2 Å². The molecule has 0 radical (unpaired) electrons. The Morgan fingerprint density at radius 1 is 1.22 bits per heavy atom. The van der Waals surface area contributed by atoms with Gasteiger partial charge in [0.15, 0.2) is 0 Å². The van der Waals surface area contributed by atoms with Crippen molar-refractivity contribution in [3.8, 4) is 5.75 Å². The van der Waals surface area contributed by atoms with E-state index in [1.807, 2.05) is 0 Å². The van der Waals surface area contributed by atoms with E-state index in [2.05, 4.69) is 4.74 Å². The lowest BCUT2D eigenvalue weighted by Gasteiger charge is -2.18. The maximum atomic E-state index is 12.6. The summed E-state index contributed by atoms with van der Waals surface area (Å²) < 4.78 is 10.3. The monoisotopic (exact) mass is 475 g/mol. The molecule has 1 heterocycles. The van der Waals surface area contributed by atoms with Gasteiger partial charge in [-0.25, -0.2) is 9.59 Å². The van der Waals surface area contributed by atoms with E-state index in [0.29, 0.717) is 16.9 Å². The summed E-state index contributed by atoms with van der Waals surface area (Å²) in [5.74, 6) is -1.93. The number of carboxylic acid groups (broad SMARTS) is 1. The van der Waals surface area contributed by atoms with E-state index in [9.17, 15) is 19.2 Å². The molecule has 8 nitrogen and oxygen atoms in total. The summed E-state index contributed by atoms with van der Waals surface area (Å²) in [4.78, 5) is 48.5. The van der Waals surface area contributed by atoms with Crippen LogP contribution < -0.4 is 4.74 Å². The van der Waals surface area contributed by atoms with Crippen LogP contribution in [0.15, 0.2) is 47.4 Å². The van der Waals surface area contributed by atoms with Crippen molar-refractivity contribution >= 4 is 52.5 Å². The number of carbonyl (C=O) groups excluding carboxylic acids is 3. The maximum absolute atomic E-state index is 12.6. The minimum Gasteiger partial charge on any atom is -0.487 e. The molecular formula is C22H18ClNO7S. The van der Waals surface area contributed by atoms with Gasteiger partial charge in [0.25, 0.3) is 11.1 Å². The summed E-state index contributed by atoms with van der Waals surface area (Å²) in [5.41, 5.74) is 1.38. The van der Waals surface area contributed by atoms with Gasteiger partial charge in [0.1, 0.15) is 18.4 Å². The first-order valence-corrected chi connectivity index (χ1v) is 10.5. The predicted molar refractivity (Wildman–Crippen MR) is 118 cm³/mol. The number of halogens is 1. The van der Waals surface area contributed by atoms with Gasteiger partial charge in [0.05, 0.1) is 22.6 Å². The van der Waals surface area contributed by atoms with Gasteiger partial charge in [-0.1, -0.05) is 29.8 Å². The molecule has 1 aliphatic heterocycles. The van der Waals surface area contributed by atoms with Crippen LogP contribution in [0, 0.1) is 0 Å². The summed E-state index contributed by atoms with van der Waals surface area (Å²) in [7, 11) is 1.18. The fraction of sp³-hybridized carbons (Fsp3) is 0.182. The van der Waals surface area contributed by atoms with Gasteiger partial charge >= 0.3 is 11.9 Å². The number of benzene rings is 2. The van der Waals surface area contributed by atoms with Crippen molar-refractivity contribution in [1.29, 1.82) is 0 Å². The van der Waals surface area contributed by atoms with Crippen LogP contribution in [0.25, 0.3) is 6.08 Å². The smallest absolute Gasteiger partial charge is 0.335 e. The summed E-state index contributed by atoms with van der Waals surface area (Å²) in [6, 6.07) is 10.2. The molecule has 10 heteroatoms. The number of ether oxygens (including phenoxy) is 2. The highest BCUT2D eigenvalue weighted by atomic mass is 35.5. The second-order valence-electron chi connectivity index (χ2n) is 6.73. The second kappa shape index (κ2) is 9.88. The van der Waals surface area contributed by atoms with E-state index >= 15 is 0 Å². The fourth-order valence-corrected chi connectivity index (χ4v) is 4.07. The van der Waals surface area contributed by atoms with E-state index in [4.69, 9.17) is 21.4 Å². The Morgan fingerprint density at radius 3 is 2.62 bits per heavy atom. The Morgan fingerprint density at radius 2 is 1.97 bits per heavy atom. The lowest BCUT2D eigenvalue weighted by molar-refractivity contribution is -0.148. The zero-order valence-electron chi connectivity index (χ0n) is 17.0. The summed E-state index contributed by atoms with van der Waals surface area (Å²) in [5, 5.41) is 8.78. The number of methoxy groups -OCH3 is 1. The molecule has 1 atom stereocenters. The molecule has 2 amide bonds. The number of carboxylic acids is 1. The van der Waals surface area contributed by atoms with E-state index < -0.39 is 29.1 Å². The van der Waals surface area contributed by atoms with Crippen LogP contribution in [0.2, 0.25) is 5.02 Å². The van der Waals surface area contributed by atoms with E-state index in [1.165, 1.54) is 32.2 Å². The van der Waals surface area contributed by atoms with Crippen molar-refractivity contribution in [3.63, 3.8) is 0 Å². The SMILES string of the molecule is COC(=O)[C@@H](C)N1C(=O)S/C(=C\c2ccc(OCc3cccc(C(=O)O)c3)c(Cl)c2)C1=O. The summed E-state index contributed by atoms with van der Waals surface area (Å²) in [6.07, 6.45) is 1.50. The first-order chi connectivity index (χ1) is 15.2. The van der Waals surface area contributed by atoms with Crippen molar-refractivity contribution in [2.45, 2.75) is 19.6 Å². The lowest BCUT2D eigenvalue weighted by atomic mass is 10.1. The average Bonchev–Trinajstić information content (AvgIpc) is 3.04. The molecule has 2 aromatic carbocycles. The minimum atomic E-state index is -1.03. The Labute approximate surface area is 192 Å². The molecule has 1 saturated heterocycles. The number of amides is 2. The van der Waals surface area contributed by atoms with Gasteiger partial charge in [-0.2, -0.15) is 0 Å². The summed E-state index contributed by atoms with van der Waals surface area (Å²) >= 11 is 7.01. The molecular weight excluding hydrogens is 458 g/mol. The van der Waals surface area contributed by atoms with E-state index in [1.54, 1.807) is 30.3 Å². The Kier molecular flexibility index (Phi) is 7.22. The van der Waals surface area contributed by atoms with Crippen LogP contribution in [0.3, 0.4) is 0 Å². The molecule has 0 bridgehead atoms. The Balaban J connectivity index is 1.72. The number of rotatable bonds is 7. The predicted octanol–water partition coefficient (Wildman–Crippen LogP) is 4.22. The standard InChI is InChI=1S/C22H18ClNO7S/c1-12(21(28)30-2)24-19(25)18(32-22(24)29)10-13-6-7-17(16(23)9-13)31-11-14-4-3-5-15(8-14)20(26)27/h3-10,12H,11H2,1-2H3,(H,26,27)/b18-10-/t12-/m1/s1. The lowest BCUT2D eigenvalue weighted by Crippen LogP contribution is -2.42. The number of hydrogen-bond donors (Lipinski definition) is 1. The number of thioether (sulfide) groups is 1. The molecule has 3 rings (SSSR count). The number of esters is 1. The molecule has 1 N–H and O–H groups in total. The molecule has 1 fully saturated rings. The van der Waals surface area contributed by atoms with Crippen molar-refractivity contribution in [3.05, 3.63) is 69.1 Å². The number of hydrogen-bond acceptors (Lipinski definition) is 7. The molecule has 0 aromatic heterocycles. The molecule has 1 aliphatic rings. The highest BCUT2D eigenvalue weighted by molar-refractivity contribution is 8.18. The van der Waals surface area contributed by atoms with Crippen molar-refractivity contribution in [1.82, 2.24) is 4.90 Å². The normalized spacial score (nSPS) is 15.7. The fourth-order valence-electron chi connectivity index (χ4n) is 2.92. The number of carbonyl (C=O) groups is 4. The van der Waals surface area contributed by atoms with Gasteiger partial charge in [-0.15, -0.1) is 0 Å². The maximum Gasteiger partial charge on any atom is 0.335 e. The molecule has 0 unspecified atom stereocenters. The first-order valence-electron chi connectivity index (χ1n) is 9.30. The van der Waals surface area contributed by atoms with E-state index in [-0.39, 0.29) is 22.1 Å². The van der Waals surface area contributed by atoms with Crippen LogP contribution in [0.5, 0.6) is 5.75 Å². The summed E-state index contributed by atoms with van der Waals surface area (Å²) in [6.45, 7) is 1.53. The Bertz CT molecular complexity index is 1130. The zero-order chi connectivity index (χ0) is 23.4. The molecule has 0 aliphatic carbocycles. The number of aromatic carboxylic acids is 1. The molecule has 0 saturated carbocycles. The van der Waals surface area contributed by atoms with Crippen LogP contribution in [-0.2, 0) is 20.9 Å². The zero-order valence-corrected chi connectivity index (χ0v) is 18.6. The third-order valence-electron chi connectivity index (χ3n) is 4.58. The van der Waals surface area contributed by atoms with Crippen LogP contribution in [0.4, 0.5) is 4.79 Å². The average molecular weight is 476 g/mol. The van der Waals surface area contributed by atoms with Gasteiger partial charge in [0, 0.05) is 0 Å². The number of imide groups is 1. The van der Waals surface area contributed by atoms with Crippen LogP contribution >= 0.6 is 23.4 Å². The highest BCUT2D eigenvalue weighted by Gasteiger charge is 2.41. The quantitative estimate of drug-likeness (QED) is 0.468. The van der Waals surface area contributed by atoms with Gasteiger partial charge < -0.3 is 14.6 Å². The first kappa shape index (κ1) is 23.4. The molecule has 166 valence electrons. The van der Waals surface area contributed by atoms with Crippen LogP contribution in [0.1, 0.15) is 28.4 Å². The molecule has 2 aromatic rings. The van der Waals surface area contributed by atoms with E-state index in [0.717, 1.165) is 16.7 Å². The van der Waals surface area contributed by atoms with Crippen molar-refractivity contribution in [2.75, 3.05) is 7.11 Å². The van der Waals surface area contributed by atoms with Crippen molar-refractivity contribution < 1.29 is 33.8 Å². The molecule has 0 spiro atoms. The Hall–Kier alpha value is -3.30. The minimum absolute atomic E-state index is 0.116. The van der Waals surface area contributed by atoms with Crippen molar-refractivity contribution in [2.24, 2.45) is 0 Å². The van der Waals surface area contributed by atoms with Gasteiger partial charge in [-0.05, 0) is 60.2 Å². The van der Waals surface area contributed by atoms with Gasteiger partial charge in [0.2, 0.25) is 0 Å². The topological polar surface area (TPSA) is 110 Å². The third-order valence-corrected chi connectivity index (χ3v) is 5.75. The van der Waals surface area contributed by atoms with Gasteiger partial charge in [-0.3, -0.25) is 14.5 Å². The third kappa shape index (κ3) is 5.12. The molecule has 32 heavy (non-hydrogen) atoms. The highest BCUT2D eigenvalue weighted by Crippen LogP contribution is 2.35. The largest absolute Gasteiger partial charge is 0.487 e.